The second kappa shape index (κ2) is 3.93. The van der Waals surface area contributed by atoms with Crippen molar-refractivity contribution < 1.29 is 9.53 Å². The first-order chi connectivity index (χ1) is 5.74. The van der Waals surface area contributed by atoms with Crippen LogP contribution >= 0.6 is 0 Å². The fraction of sp³-hybridized carbons (Fsp3) is 0.444. The van der Waals surface area contributed by atoms with Gasteiger partial charge in [0.05, 0.1) is 5.92 Å². The van der Waals surface area contributed by atoms with E-state index in [1.165, 1.54) is 0 Å². The number of carbonyl (C=O) groups excluding carboxylic acids is 1. The van der Waals surface area contributed by atoms with E-state index in [1.54, 1.807) is 6.08 Å². The van der Waals surface area contributed by atoms with Crippen LogP contribution in [0, 0.1) is 18.3 Å². The molecule has 0 radical (unpaired) electrons. The highest BCUT2D eigenvalue weighted by atomic mass is 16.5. The summed E-state index contributed by atoms with van der Waals surface area (Å²) in [4.78, 5) is 11.1. The van der Waals surface area contributed by atoms with Gasteiger partial charge in [0.1, 0.15) is 0 Å². The monoisotopic (exact) mass is 165 g/mol. The predicted octanol–water partition coefficient (Wildman–Crippen LogP) is 0.0662. The summed E-state index contributed by atoms with van der Waals surface area (Å²) in [6, 6.07) is -0.0200. The fourth-order valence-electron chi connectivity index (χ4n) is 1.12. The summed E-state index contributed by atoms with van der Waals surface area (Å²) < 4.78 is 4.74. The average molecular weight is 165 g/mol. The minimum Gasteiger partial charge on any atom is -0.452 e. The van der Waals surface area contributed by atoms with Crippen LogP contribution in [0.1, 0.15) is 6.42 Å². The molecule has 0 aliphatic heterocycles. The van der Waals surface area contributed by atoms with Gasteiger partial charge in [0.25, 0.3) is 0 Å². The molecule has 0 aromatic heterocycles. The molecule has 0 saturated heterocycles. The normalized spacial score (nSPS) is 26.7. The van der Waals surface area contributed by atoms with Gasteiger partial charge in [-0.2, -0.15) is 0 Å². The molecule has 0 unspecified atom stereocenters. The Morgan fingerprint density at radius 3 is 3.00 bits per heavy atom. The third kappa shape index (κ3) is 2.11. The van der Waals surface area contributed by atoms with Crippen LogP contribution in [-0.4, -0.2) is 18.6 Å². The van der Waals surface area contributed by atoms with Gasteiger partial charge >= 0.3 is 5.97 Å². The lowest BCUT2D eigenvalue weighted by Crippen LogP contribution is -2.20. The van der Waals surface area contributed by atoms with Gasteiger partial charge < -0.3 is 10.5 Å². The van der Waals surface area contributed by atoms with Gasteiger partial charge in [0.2, 0.25) is 0 Å². The van der Waals surface area contributed by atoms with Crippen molar-refractivity contribution >= 4 is 5.97 Å². The molecule has 2 atom stereocenters. The molecule has 0 saturated carbocycles. The standard InChI is InChI=1S/C9H11NO2/c1-2-5-12-9(11)7-3-4-8(10)6-7/h1,3-4,7-8H,5-6,10H2/t7-,8+/m1/s1. The van der Waals surface area contributed by atoms with Gasteiger partial charge in [-0.05, 0) is 6.42 Å². The molecule has 1 rings (SSSR count). The van der Waals surface area contributed by atoms with Crippen molar-refractivity contribution in [3.63, 3.8) is 0 Å². The molecule has 0 aromatic carbocycles. The van der Waals surface area contributed by atoms with Gasteiger partial charge in [0, 0.05) is 6.04 Å². The molecule has 2 N–H and O–H groups in total. The minimum absolute atomic E-state index is 0.0200. The first kappa shape index (κ1) is 8.82. The van der Waals surface area contributed by atoms with Crippen molar-refractivity contribution in [1.29, 1.82) is 0 Å². The zero-order valence-corrected chi connectivity index (χ0v) is 6.69. The molecule has 0 amide bonds. The van der Waals surface area contributed by atoms with E-state index in [-0.39, 0.29) is 24.5 Å². The lowest BCUT2D eigenvalue weighted by atomic mass is 10.1. The Morgan fingerprint density at radius 1 is 1.75 bits per heavy atom. The lowest BCUT2D eigenvalue weighted by Gasteiger charge is -2.06. The molecule has 1 aliphatic carbocycles. The van der Waals surface area contributed by atoms with Crippen molar-refractivity contribution in [3.8, 4) is 12.3 Å². The summed E-state index contributed by atoms with van der Waals surface area (Å²) in [6.45, 7) is 0.0401. The molecule has 3 heteroatoms. The number of hydrogen-bond acceptors (Lipinski definition) is 3. The first-order valence-corrected chi connectivity index (χ1v) is 3.78. The number of ether oxygens (including phenoxy) is 1. The van der Waals surface area contributed by atoms with E-state index in [1.807, 2.05) is 6.08 Å². The second-order valence-corrected chi connectivity index (χ2v) is 2.70. The molecule has 0 spiro atoms. The quantitative estimate of drug-likeness (QED) is 0.358. The second-order valence-electron chi connectivity index (χ2n) is 2.70. The zero-order chi connectivity index (χ0) is 8.97. The van der Waals surface area contributed by atoms with Crippen LogP contribution in [0.5, 0.6) is 0 Å². The Bertz CT molecular complexity index is 239. The van der Waals surface area contributed by atoms with E-state index >= 15 is 0 Å². The molecule has 0 heterocycles. The number of hydrogen-bond donors (Lipinski definition) is 1. The van der Waals surface area contributed by atoms with Crippen molar-refractivity contribution in [2.75, 3.05) is 6.61 Å². The van der Waals surface area contributed by atoms with E-state index in [4.69, 9.17) is 16.9 Å². The van der Waals surface area contributed by atoms with Crippen molar-refractivity contribution in [1.82, 2.24) is 0 Å². The Morgan fingerprint density at radius 2 is 2.50 bits per heavy atom. The van der Waals surface area contributed by atoms with Gasteiger partial charge in [-0.25, -0.2) is 0 Å². The number of esters is 1. The van der Waals surface area contributed by atoms with Crippen LogP contribution in [0.3, 0.4) is 0 Å². The SMILES string of the molecule is C#CCOC(=O)[C@@H]1C=C[C@H](N)C1. The van der Waals surface area contributed by atoms with Crippen molar-refractivity contribution in [3.05, 3.63) is 12.2 Å². The third-order valence-electron chi connectivity index (χ3n) is 1.72. The Hall–Kier alpha value is -1.27. The highest BCUT2D eigenvalue weighted by Crippen LogP contribution is 2.17. The summed E-state index contributed by atoms with van der Waals surface area (Å²) >= 11 is 0. The maximum Gasteiger partial charge on any atom is 0.313 e. The number of nitrogens with two attached hydrogens (primary N) is 1. The fourth-order valence-corrected chi connectivity index (χ4v) is 1.12. The molecule has 0 bridgehead atoms. The number of rotatable bonds is 2. The molecule has 64 valence electrons. The van der Waals surface area contributed by atoms with E-state index in [0.29, 0.717) is 6.42 Å². The van der Waals surface area contributed by atoms with Crippen molar-refractivity contribution in [2.24, 2.45) is 11.7 Å². The third-order valence-corrected chi connectivity index (χ3v) is 1.72. The first-order valence-electron chi connectivity index (χ1n) is 3.78. The van der Waals surface area contributed by atoms with Gasteiger partial charge in [0.15, 0.2) is 6.61 Å². The summed E-state index contributed by atoms with van der Waals surface area (Å²) in [5.41, 5.74) is 5.56. The van der Waals surface area contributed by atoms with Crippen molar-refractivity contribution in [2.45, 2.75) is 12.5 Å². The number of terminal acetylenes is 1. The number of carbonyl (C=O) groups is 1. The van der Waals surface area contributed by atoms with Gasteiger partial charge in [-0.1, -0.05) is 18.1 Å². The maximum absolute atomic E-state index is 11.1. The van der Waals surface area contributed by atoms with E-state index in [0.717, 1.165) is 0 Å². The van der Waals surface area contributed by atoms with Crippen LogP contribution in [-0.2, 0) is 9.53 Å². The Balaban J connectivity index is 2.35. The largest absolute Gasteiger partial charge is 0.452 e. The smallest absolute Gasteiger partial charge is 0.313 e. The van der Waals surface area contributed by atoms with Crippen LogP contribution in [0.25, 0.3) is 0 Å². The van der Waals surface area contributed by atoms with E-state index in [2.05, 4.69) is 5.92 Å². The molecule has 0 aromatic rings. The van der Waals surface area contributed by atoms with E-state index in [9.17, 15) is 4.79 Å². The maximum atomic E-state index is 11.1. The Labute approximate surface area is 71.6 Å². The molecular weight excluding hydrogens is 154 g/mol. The minimum atomic E-state index is -0.280. The summed E-state index contributed by atoms with van der Waals surface area (Å²) in [5, 5.41) is 0. The van der Waals surface area contributed by atoms with Crippen LogP contribution in [0.4, 0.5) is 0 Å². The molecule has 0 fully saturated rings. The summed E-state index contributed by atoms with van der Waals surface area (Å²) in [7, 11) is 0. The molecule has 3 nitrogen and oxygen atoms in total. The average Bonchev–Trinajstić information content (AvgIpc) is 2.47. The Kier molecular flexibility index (Phi) is 2.89. The molecule has 12 heavy (non-hydrogen) atoms. The molecule has 1 aliphatic rings. The zero-order valence-electron chi connectivity index (χ0n) is 6.69. The van der Waals surface area contributed by atoms with Gasteiger partial charge in [-0.15, -0.1) is 6.42 Å². The predicted molar refractivity (Wildman–Crippen MR) is 45.0 cm³/mol. The summed E-state index contributed by atoms with van der Waals surface area (Å²) in [5.74, 6) is 1.75. The van der Waals surface area contributed by atoms with Crippen LogP contribution in [0.2, 0.25) is 0 Å². The van der Waals surface area contributed by atoms with Crippen LogP contribution < -0.4 is 5.73 Å². The van der Waals surface area contributed by atoms with Gasteiger partial charge in [-0.3, -0.25) is 4.79 Å². The summed E-state index contributed by atoms with van der Waals surface area (Å²) in [6.07, 6.45) is 9.14. The highest BCUT2D eigenvalue weighted by Gasteiger charge is 2.23. The highest BCUT2D eigenvalue weighted by molar-refractivity contribution is 5.75. The van der Waals surface area contributed by atoms with E-state index < -0.39 is 0 Å². The topological polar surface area (TPSA) is 52.3 Å². The molecular formula is C9H11NO2. The van der Waals surface area contributed by atoms with Crippen LogP contribution in [0.15, 0.2) is 12.2 Å². The lowest BCUT2D eigenvalue weighted by molar-refractivity contribution is -0.145.